The molecule has 7 nitrogen and oxygen atoms in total. The molecule has 0 spiro atoms. The molecule has 0 radical (unpaired) electrons. The summed E-state index contributed by atoms with van der Waals surface area (Å²) in [7, 11) is 0. The molecule has 0 unspecified atom stereocenters. The van der Waals surface area contributed by atoms with Gasteiger partial charge in [0.25, 0.3) is 0 Å². The number of aromatic amines is 1. The number of nitrogens with one attached hydrogen (secondary N) is 2. The number of rotatable bonds is 3. The molecule has 2 aromatic heterocycles. The molecule has 84 valence electrons. The third-order valence-corrected chi connectivity index (χ3v) is 2.49. The molecule has 0 bridgehead atoms. The van der Waals surface area contributed by atoms with Crippen LogP contribution in [0.3, 0.4) is 0 Å². The van der Waals surface area contributed by atoms with Crippen molar-refractivity contribution in [1.29, 1.82) is 0 Å². The lowest BCUT2D eigenvalue weighted by atomic mass is 10.5. The van der Waals surface area contributed by atoms with E-state index in [0.29, 0.717) is 22.1 Å². The monoisotopic (exact) mass is 284 g/mol. The first kappa shape index (κ1) is 10.8. The lowest BCUT2D eigenvalue weighted by Crippen LogP contribution is -2.09. The number of halogens is 1. The van der Waals surface area contributed by atoms with Gasteiger partial charge in [-0.3, -0.25) is 5.10 Å². The maximum absolute atomic E-state index is 5.44. The molecule has 0 amide bonds. The fraction of sp³-hybridized carbons (Fsp3) is 0.125. The molecular weight excluding hydrogens is 276 g/mol. The number of ether oxygens (including phenoxy) is 1. The van der Waals surface area contributed by atoms with Crippen LogP contribution in [-0.4, -0.2) is 20.2 Å². The van der Waals surface area contributed by atoms with Crippen molar-refractivity contribution in [2.24, 2.45) is 5.84 Å². The zero-order valence-electron chi connectivity index (χ0n) is 8.36. The number of anilines is 1. The van der Waals surface area contributed by atoms with Crippen molar-refractivity contribution in [1.82, 2.24) is 20.2 Å². The number of hydrogen-bond acceptors (Lipinski definition) is 6. The van der Waals surface area contributed by atoms with E-state index >= 15 is 0 Å². The van der Waals surface area contributed by atoms with Crippen LogP contribution >= 0.6 is 15.9 Å². The maximum Gasteiger partial charge on any atom is 0.241 e. The van der Waals surface area contributed by atoms with Gasteiger partial charge in [-0.1, -0.05) is 0 Å². The number of nitrogen functional groups attached to an aromatic ring is 1. The van der Waals surface area contributed by atoms with Crippen LogP contribution in [0.2, 0.25) is 0 Å². The number of aromatic nitrogens is 4. The van der Waals surface area contributed by atoms with E-state index in [1.54, 1.807) is 6.07 Å². The maximum atomic E-state index is 5.44. The minimum atomic E-state index is 0.342. The van der Waals surface area contributed by atoms with Gasteiger partial charge in [0.1, 0.15) is 10.8 Å². The van der Waals surface area contributed by atoms with E-state index in [4.69, 9.17) is 10.6 Å². The van der Waals surface area contributed by atoms with Crippen molar-refractivity contribution in [3.63, 3.8) is 0 Å². The standard InChI is InChI=1S/C8H9BrN6O/c1-4-2-5(15-14-4)16-8-6(9)7(13-10)11-3-12-8/h2-3H,10H2,1H3,(H,14,15)(H,11,12,13). The highest BCUT2D eigenvalue weighted by Crippen LogP contribution is 2.30. The van der Waals surface area contributed by atoms with Gasteiger partial charge in [-0.2, -0.15) is 0 Å². The van der Waals surface area contributed by atoms with Crippen LogP contribution in [0.4, 0.5) is 5.82 Å². The predicted octanol–water partition coefficient (Wildman–Crippen LogP) is 1.35. The molecule has 0 aromatic carbocycles. The summed E-state index contributed by atoms with van der Waals surface area (Å²) in [5.41, 5.74) is 3.32. The van der Waals surface area contributed by atoms with Crippen molar-refractivity contribution >= 4 is 21.7 Å². The van der Waals surface area contributed by atoms with E-state index in [1.165, 1.54) is 6.33 Å². The highest BCUT2D eigenvalue weighted by Gasteiger charge is 2.11. The van der Waals surface area contributed by atoms with Gasteiger partial charge in [-0.25, -0.2) is 15.8 Å². The summed E-state index contributed by atoms with van der Waals surface area (Å²) in [6.45, 7) is 1.88. The zero-order valence-corrected chi connectivity index (χ0v) is 9.95. The van der Waals surface area contributed by atoms with Crippen LogP contribution in [0.1, 0.15) is 5.69 Å². The van der Waals surface area contributed by atoms with Gasteiger partial charge < -0.3 is 10.2 Å². The number of nitrogens with zero attached hydrogens (tertiary/aromatic N) is 3. The molecule has 0 aliphatic heterocycles. The molecule has 2 aromatic rings. The van der Waals surface area contributed by atoms with Crippen LogP contribution in [0.5, 0.6) is 11.8 Å². The largest absolute Gasteiger partial charge is 0.418 e. The fourth-order valence-electron chi connectivity index (χ4n) is 1.07. The average Bonchev–Trinajstić information content (AvgIpc) is 2.67. The molecule has 2 rings (SSSR count). The Hall–Kier alpha value is -1.67. The second-order valence-corrected chi connectivity index (χ2v) is 3.77. The molecule has 0 atom stereocenters. The molecule has 8 heteroatoms. The van der Waals surface area contributed by atoms with Crippen molar-refractivity contribution in [2.75, 3.05) is 5.43 Å². The smallest absolute Gasteiger partial charge is 0.241 e. The van der Waals surface area contributed by atoms with Gasteiger partial charge in [0.15, 0.2) is 5.82 Å². The minimum absolute atomic E-state index is 0.342. The van der Waals surface area contributed by atoms with Crippen molar-refractivity contribution in [2.45, 2.75) is 6.92 Å². The second kappa shape index (κ2) is 4.45. The zero-order chi connectivity index (χ0) is 11.5. The number of hydrogen-bond donors (Lipinski definition) is 3. The summed E-state index contributed by atoms with van der Waals surface area (Å²) >= 11 is 3.28. The SMILES string of the molecule is Cc1cc(Oc2ncnc(NN)c2Br)n[nH]1. The lowest BCUT2D eigenvalue weighted by molar-refractivity contribution is 0.439. The van der Waals surface area contributed by atoms with Crippen LogP contribution in [0.15, 0.2) is 16.9 Å². The number of H-pyrrole nitrogens is 1. The summed E-state index contributed by atoms with van der Waals surface area (Å²) < 4.78 is 5.98. The Morgan fingerprint density at radius 2 is 2.31 bits per heavy atom. The quantitative estimate of drug-likeness (QED) is 0.581. The van der Waals surface area contributed by atoms with Gasteiger partial charge in [0.05, 0.1) is 0 Å². The number of hydrazine groups is 1. The van der Waals surface area contributed by atoms with E-state index in [-0.39, 0.29) is 0 Å². The molecular formula is C8H9BrN6O. The van der Waals surface area contributed by atoms with Crippen LogP contribution in [-0.2, 0) is 0 Å². The van der Waals surface area contributed by atoms with Crippen molar-refractivity contribution < 1.29 is 4.74 Å². The summed E-state index contributed by atoms with van der Waals surface area (Å²) in [5.74, 6) is 6.48. The van der Waals surface area contributed by atoms with Crippen molar-refractivity contribution in [3.05, 3.63) is 22.6 Å². The summed E-state index contributed by atoms with van der Waals surface area (Å²) in [6, 6.07) is 1.75. The Labute approximate surface area is 99.5 Å². The first-order valence-electron chi connectivity index (χ1n) is 4.37. The lowest BCUT2D eigenvalue weighted by Gasteiger charge is -2.06. The highest BCUT2D eigenvalue weighted by molar-refractivity contribution is 9.10. The topological polar surface area (TPSA) is 102 Å². The van der Waals surface area contributed by atoms with Gasteiger partial charge >= 0.3 is 0 Å². The van der Waals surface area contributed by atoms with E-state index in [2.05, 4.69) is 41.5 Å². The Morgan fingerprint density at radius 3 is 2.94 bits per heavy atom. The normalized spacial score (nSPS) is 10.2. The van der Waals surface area contributed by atoms with Gasteiger partial charge in [-0.05, 0) is 22.9 Å². The van der Waals surface area contributed by atoms with E-state index in [1.807, 2.05) is 6.92 Å². The summed E-state index contributed by atoms with van der Waals surface area (Å²) in [4.78, 5) is 7.86. The average molecular weight is 285 g/mol. The van der Waals surface area contributed by atoms with Crippen LogP contribution in [0.25, 0.3) is 0 Å². The van der Waals surface area contributed by atoms with Crippen LogP contribution in [0, 0.1) is 6.92 Å². The first-order chi connectivity index (χ1) is 7.70. The number of aryl methyl sites for hydroxylation is 1. The fourth-order valence-corrected chi connectivity index (χ4v) is 1.47. The van der Waals surface area contributed by atoms with Crippen molar-refractivity contribution in [3.8, 4) is 11.8 Å². The molecule has 4 N–H and O–H groups in total. The molecule has 2 heterocycles. The van der Waals surface area contributed by atoms with Gasteiger partial charge in [0, 0.05) is 11.8 Å². The summed E-state index contributed by atoms with van der Waals surface area (Å²) in [5, 5.41) is 6.69. The molecule has 0 fully saturated rings. The molecule has 0 saturated heterocycles. The number of nitrogens with two attached hydrogens (primary N) is 1. The van der Waals surface area contributed by atoms with Crippen LogP contribution < -0.4 is 16.0 Å². The Bertz CT molecular complexity index is 499. The van der Waals surface area contributed by atoms with Gasteiger partial charge in [-0.15, -0.1) is 5.10 Å². The van der Waals surface area contributed by atoms with Gasteiger partial charge in [0.2, 0.25) is 11.8 Å². The Kier molecular flexibility index (Phi) is 3.02. The third-order valence-electron chi connectivity index (χ3n) is 1.78. The van der Waals surface area contributed by atoms with E-state index in [0.717, 1.165) is 5.69 Å². The first-order valence-corrected chi connectivity index (χ1v) is 5.17. The Balaban J connectivity index is 2.28. The minimum Gasteiger partial charge on any atom is -0.418 e. The second-order valence-electron chi connectivity index (χ2n) is 2.98. The predicted molar refractivity (Wildman–Crippen MR) is 60.9 cm³/mol. The van der Waals surface area contributed by atoms with E-state index < -0.39 is 0 Å². The molecule has 0 aliphatic carbocycles. The molecule has 0 aliphatic rings. The summed E-state index contributed by atoms with van der Waals surface area (Å²) in [6.07, 6.45) is 1.34. The molecule has 0 saturated carbocycles. The molecule has 16 heavy (non-hydrogen) atoms. The van der Waals surface area contributed by atoms with E-state index in [9.17, 15) is 0 Å². The highest BCUT2D eigenvalue weighted by atomic mass is 79.9. The Morgan fingerprint density at radius 1 is 1.50 bits per heavy atom. The third kappa shape index (κ3) is 2.12.